The van der Waals surface area contributed by atoms with Crippen LogP contribution in [0.25, 0.3) is 0 Å². The summed E-state index contributed by atoms with van der Waals surface area (Å²) in [6.45, 7) is 4.09. The van der Waals surface area contributed by atoms with E-state index in [-0.39, 0.29) is 0 Å². The van der Waals surface area contributed by atoms with E-state index in [0.717, 1.165) is 18.4 Å². The molecule has 2 aliphatic rings. The van der Waals surface area contributed by atoms with E-state index in [1.54, 1.807) is 0 Å². The molecule has 110 valence electrons. The van der Waals surface area contributed by atoms with Crippen LogP contribution in [-0.4, -0.2) is 24.1 Å². The first kappa shape index (κ1) is 13.9. The number of fused-ring (bicyclic) bond motifs is 1. The Morgan fingerprint density at radius 2 is 2.05 bits per heavy atom. The van der Waals surface area contributed by atoms with Gasteiger partial charge in [-0.3, -0.25) is 0 Å². The van der Waals surface area contributed by atoms with Crippen LogP contribution in [0.2, 0.25) is 0 Å². The maximum atomic E-state index is 5.64. The number of nitrogens with zero attached hydrogens (tertiary/aromatic N) is 2. The molecule has 1 aromatic rings. The molecule has 0 bridgehead atoms. The number of aromatic nitrogens is 1. The van der Waals surface area contributed by atoms with Crippen molar-refractivity contribution in [3.8, 4) is 0 Å². The molecule has 0 spiro atoms. The van der Waals surface area contributed by atoms with Crippen LogP contribution < -0.4 is 10.6 Å². The lowest BCUT2D eigenvalue weighted by Crippen LogP contribution is -2.47. The zero-order chi connectivity index (χ0) is 13.9. The number of aryl methyl sites for hydroxylation is 1. The molecule has 1 aliphatic carbocycles. The van der Waals surface area contributed by atoms with Gasteiger partial charge in [0.05, 0.1) is 0 Å². The van der Waals surface area contributed by atoms with E-state index in [4.69, 9.17) is 10.7 Å². The average molecular weight is 273 g/mol. The molecular weight excluding hydrogens is 246 g/mol. The molecule has 2 unspecified atom stereocenters. The first-order valence-electron chi connectivity index (χ1n) is 8.22. The number of anilines is 1. The van der Waals surface area contributed by atoms with Crippen molar-refractivity contribution in [3.05, 3.63) is 23.4 Å². The summed E-state index contributed by atoms with van der Waals surface area (Å²) >= 11 is 0. The average Bonchev–Trinajstić information content (AvgIpc) is 2.47. The van der Waals surface area contributed by atoms with E-state index in [2.05, 4.69) is 17.9 Å². The Morgan fingerprint density at radius 1 is 1.25 bits per heavy atom. The quantitative estimate of drug-likeness (QED) is 0.920. The Bertz CT molecular complexity index is 456. The first-order valence-corrected chi connectivity index (χ1v) is 8.22. The summed E-state index contributed by atoms with van der Waals surface area (Å²) in [5, 5.41) is 0. The molecule has 2 fully saturated rings. The van der Waals surface area contributed by atoms with Crippen LogP contribution >= 0.6 is 0 Å². The molecule has 2 atom stereocenters. The third kappa shape index (κ3) is 2.69. The summed E-state index contributed by atoms with van der Waals surface area (Å²) in [6.07, 6.45) is 11.3. The van der Waals surface area contributed by atoms with Crippen LogP contribution in [0.5, 0.6) is 0 Å². The predicted octanol–water partition coefficient (Wildman–Crippen LogP) is 3.05. The lowest BCUT2D eigenvalue weighted by molar-refractivity contribution is 0.242. The highest BCUT2D eigenvalue weighted by Gasteiger charge is 2.34. The summed E-state index contributed by atoms with van der Waals surface area (Å²) in [7, 11) is 0. The van der Waals surface area contributed by atoms with Gasteiger partial charge in [-0.15, -0.1) is 0 Å². The van der Waals surface area contributed by atoms with Gasteiger partial charge >= 0.3 is 0 Å². The largest absolute Gasteiger partial charge is 0.353 e. The molecule has 0 aromatic carbocycles. The van der Waals surface area contributed by atoms with Crippen molar-refractivity contribution in [2.75, 3.05) is 18.0 Å². The summed E-state index contributed by atoms with van der Waals surface area (Å²) in [5.41, 5.74) is 8.23. The smallest absolute Gasteiger partial charge is 0.131 e. The van der Waals surface area contributed by atoms with Gasteiger partial charge in [-0.2, -0.15) is 0 Å². The van der Waals surface area contributed by atoms with Crippen molar-refractivity contribution in [1.82, 2.24) is 4.98 Å². The molecule has 2 N–H and O–H groups in total. The Kier molecular flexibility index (Phi) is 4.25. The maximum Gasteiger partial charge on any atom is 0.131 e. The van der Waals surface area contributed by atoms with Gasteiger partial charge in [-0.25, -0.2) is 4.98 Å². The lowest BCUT2D eigenvalue weighted by atomic mass is 9.78. The van der Waals surface area contributed by atoms with E-state index in [0.29, 0.717) is 6.54 Å². The predicted molar refractivity (Wildman–Crippen MR) is 84.1 cm³/mol. The minimum Gasteiger partial charge on any atom is -0.353 e. The van der Waals surface area contributed by atoms with Crippen LogP contribution in [0.15, 0.2) is 12.3 Å². The van der Waals surface area contributed by atoms with Crippen molar-refractivity contribution in [1.29, 1.82) is 0 Å². The van der Waals surface area contributed by atoms with Crippen LogP contribution in [-0.2, 0) is 6.42 Å². The number of nitrogens with two attached hydrogens (primary N) is 1. The number of hydrogen-bond acceptors (Lipinski definition) is 3. The second-order valence-corrected chi connectivity index (χ2v) is 6.47. The highest BCUT2D eigenvalue weighted by Crippen LogP contribution is 2.38. The minimum atomic E-state index is 0.703. The second kappa shape index (κ2) is 6.13. The van der Waals surface area contributed by atoms with Crippen LogP contribution in [0.4, 0.5) is 5.82 Å². The van der Waals surface area contributed by atoms with Crippen molar-refractivity contribution in [2.24, 2.45) is 11.7 Å². The van der Waals surface area contributed by atoms with Gasteiger partial charge in [0.15, 0.2) is 0 Å². The topological polar surface area (TPSA) is 42.1 Å². The van der Waals surface area contributed by atoms with Gasteiger partial charge in [0.25, 0.3) is 0 Å². The Morgan fingerprint density at radius 3 is 2.85 bits per heavy atom. The molecule has 1 saturated heterocycles. The molecule has 1 aromatic heterocycles. The van der Waals surface area contributed by atoms with E-state index < -0.39 is 0 Å². The van der Waals surface area contributed by atoms with E-state index in [1.807, 2.05) is 6.20 Å². The lowest BCUT2D eigenvalue weighted by Gasteiger charge is -2.45. The number of hydrogen-bond donors (Lipinski definition) is 1. The van der Waals surface area contributed by atoms with E-state index in [1.165, 1.54) is 62.0 Å². The van der Waals surface area contributed by atoms with Gasteiger partial charge in [0.1, 0.15) is 5.82 Å². The second-order valence-electron chi connectivity index (χ2n) is 6.47. The molecule has 3 heteroatoms. The number of piperidine rings is 1. The van der Waals surface area contributed by atoms with E-state index >= 15 is 0 Å². The molecule has 20 heavy (non-hydrogen) atoms. The highest BCUT2D eigenvalue weighted by molar-refractivity contribution is 5.49. The van der Waals surface area contributed by atoms with Crippen molar-refractivity contribution in [3.63, 3.8) is 0 Å². The standard InChI is InChI=1S/C17H27N3/c1-13-11-14(8-9-18)12-19-17(13)20-10-4-6-15-5-2-3-7-16(15)20/h11-12,15-16H,2-10,18H2,1H3. The van der Waals surface area contributed by atoms with Crippen LogP contribution in [0.1, 0.15) is 49.7 Å². The van der Waals surface area contributed by atoms with Gasteiger partial charge in [-0.05, 0) is 62.6 Å². The number of rotatable bonds is 3. The van der Waals surface area contributed by atoms with Gasteiger partial charge in [0.2, 0.25) is 0 Å². The monoisotopic (exact) mass is 273 g/mol. The molecule has 1 aliphatic heterocycles. The fourth-order valence-electron chi connectivity index (χ4n) is 4.12. The molecule has 3 rings (SSSR count). The summed E-state index contributed by atoms with van der Waals surface area (Å²) in [4.78, 5) is 7.39. The third-order valence-electron chi connectivity index (χ3n) is 5.06. The molecular formula is C17H27N3. The van der Waals surface area contributed by atoms with E-state index in [9.17, 15) is 0 Å². The third-order valence-corrected chi connectivity index (χ3v) is 5.06. The zero-order valence-electron chi connectivity index (χ0n) is 12.6. The van der Waals surface area contributed by atoms with Crippen LogP contribution in [0, 0.1) is 12.8 Å². The molecule has 0 amide bonds. The minimum absolute atomic E-state index is 0.703. The maximum absolute atomic E-state index is 5.64. The van der Waals surface area contributed by atoms with Gasteiger partial charge in [-0.1, -0.05) is 18.9 Å². The van der Waals surface area contributed by atoms with Gasteiger partial charge in [0, 0.05) is 18.8 Å². The van der Waals surface area contributed by atoms with Crippen molar-refractivity contribution in [2.45, 2.75) is 57.9 Å². The SMILES string of the molecule is Cc1cc(CCN)cnc1N1CCCC2CCCCC21. The molecule has 3 nitrogen and oxygen atoms in total. The normalized spacial score (nSPS) is 26.4. The first-order chi connectivity index (χ1) is 9.79. The molecule has 0 radical (unpaired) electrons. The van der Waals surface area contributed by atoms with Crippen molar-refractivity contribution < 1.29 is 0 Å². The fraction of sp³-hybridized carbons (Fsp3) is 0.706. The Balaban J connectivity index is 1.83. The molecule has 1 saturated carbocycles. The Hall–Kier alpha value is -1.09. The van der Waals surface area contributed by atoms with Crippen LogP contribution in [0.3, 0.4) is 0 Å². The number of pyridine rings is 1. The zero-order valence-corrected chi connectivity index (χ0v) is 12.6. The highest BCUT2D eigenvalue weighted by atomic mass is 15.2. The molecule has 2 heterocycles. The fourth-order valence-corrected chi connectivity index (χ4v) is 4.12. The van der Waals surface area contributed by atoms with Gasteiger partial charge < -0.3 is 10.6 Å². The van der Waals surface area contributed by atoms with Crippen molar-refractivity contribution >= 4 is 5.82 Å². The summed E-state index contributed by atoms with van der Waals surface area (Å²) in [5.74, 6) is 2.13. The summed E-state index contributed by atoms with van der Waals surface area (Å²) in [6, 6.07) is 3.02. The Labute approximate surface area is 122 Å². The summed E-state index contributed by atoms with van der Waals surface area (Å²) < 4.78 is 0.